The number of carbonyl (C=O) groups is 3. The molecule has 16 nitrogen and oxygen atoms in total. The number of hydrogen-bond acceptors (Lipinski definition) is 12. The number of imidazole rings is 1. The smallest absolute Gasteiger partial charge is 0.328 e. The Morgan fingerprint density at radius 3 is 2.28 bits per heavy atom. The summed E-state index contributed by atoms with van der Waals surface area (Å²) in [5, 5.41) is 9.30. The van der Waals surface area contributed by atoms with Gasteiger partial charge in [0.05, 0.1) is 17.9 Å². The molecule has 0 unspecified atom stereocenters. The number of benzene rings is 2. The standard InChI is InChI=1S/C47H53FN12O4/c1-29-24-32(6-12-36(29)30(2)51-43(62)44-54-45(55-64-44)47(3,4)5)42-52-37(25-40-50-27-38(48)60(40)42)33-7-13-39(49-26-33)58-22-20-56(21-23-58)28-31-14-17-57(18-15-31)34-8-10-35(11-9-34)59-19-16-41(61)53-46(59)63/h6-13,24-27,30-31H,14-23,28H2,1-5H3,(H,51,62)(H,53,61,63)/t30-/m1/s1. The first-order valence-electron chi connectivity index (χ1n) is 22.0. The molecule has 1 atom stereocenters. The molecule has 2 aromatic carbocycles. The maximum Gasteiger partial charge on any atom is 0.328 e. The Morgan fingerprint density at radius 2 is 1.61 bits per heavy atom. The number of nitrogens with zero attached hydrogens (tertiary/aromatic N) is 10. The van der Waals surface area contributed by atoms with Crippen LogP contribution in [0.25, 0.3) is 28.3 Å². The van der Waals surface area contributed by atoms with Gasteiger partial charge < -0.3 is 19.6 Å². The predicted molar refractivity (Wildman–Crippen MR) is 241 cm³/mol. The number of anilines is 3. The molecule has 0 bridgehead atoms. The lowest BCUT2D eigenvalue weighted by atomic mass is 9.95. The van der Waals surface area contributed by atoms with Crippen molar-refractivity contribution < 1.29 is 23.3 Å². The minimum Gasteiger partial charge on any atom is -0.372 e. The van der Waals surface area contributed by atoms with Gasteiger partial charge in [0, 0.05) is 99.0 Å². The van der Waals surface area contributed by atoms with Gasteiger partial charge in [0.1, 0.15) is 17.3 Å². The number of piperidine rings is 1. The fourth-order valence-corrected chi connectivity index (χ4v) is 8.85. The summed E-state index contributed by atoms with van der Waals surface area (Å²) in [7, 11) is 0. The molecule has 0 radical (unpaired) electrons. The van der Waals surface area contributed by atoms with Crippen LogP contribution in [0, 0.1) is 18.8 Å². The third kappa shape index (κ3) is 8.89. The summed E-state index contributed by atoms with van der Waals surface area (Å²) in [6.07, 6.45) is 5.58. The number of pyridine rings is 1. The lowest BCUT2D eigenvalue weighted by Gasteiger charge is -2.39. The van der Waals surface area contributed by atoms with Gasteiger partial charge in [-0.25, -0.2) is 19.7 Å². The van der Waals surface area contributed by atoms with E-state index >= 15 is 4.39 Å². The average molecular weight is 869 g/mol. The molecule has 9 rings (SSSR count). The van der Waals surface area contributed by atoms with Crippen molar-refractivity contribution in [1.82, 2.24) is 45.0 Å². The van der Waals surface area contributed by atoms with Gasteiger partial charge in [0.2, 0.25) is 11.9 Å². The number of rotatable bonds is 10. The first-order chi connectivity index (χ1) is 30.8. The van der Waals surface area contributed by atoms with Crippen LogP contribution in [0.3, 0.4) is 0 Å². The number of nitrogens with one attached hydrogen (secondary N) is 2. The van der Waals surface area contributed by atoms with E-state index < -0.39 is 11.9 Å². The third-order valence-electron chi connectivity index (χ3n) is 12.5. The van der Waals surface area contributed by atoms with Crippen molar-refractivity contribution in [3.05, 3.63) is 102 Å². The molecule has 3 aliphatic heterocycles. The molecule has 332 valence electrons. The zero-order valence-electron chi connectivity index (χ0n) is 36.8. The van der Waals surface area contributed by atoms with Gasteiger partial charge in [0.25, 0.3) is 0 Å². The first-order valence-corrected chi connectivity index (χ1v) is 22.0. The fraction of sp³-hybridized carbons (Fsp3) is 0.404. The van der Waals surface area contributed by atoms with Gasteiger partial charge in [0.15, 0.2) is 5.82 Å². The second kappa shape index (κ2) is 17.4. The lowest BCUT2D eigenvalue weighted by molar-refractivity contribution is -0.120. The molecule has 6 aromatic rings. The fourth-order valence-electron chi connectivity index (χ4n) is 8.85. The first kappa shape index (κ1) is 42.5. The van der Waals surface area contributed by atoms with Gasteiger partial charge in [-0.05, 0) is 86.2 Å². The van der Waals surface area contributed by atoms with E-state index in [4.69, 9.17) is 14.5 Å². The highest BCUT2D eigenvalue weighted by atomic mass is 19.1. The van der Waals surface area contributed by atoms with Crippen LogP contribution < -0.4 is 25.3 Å². The SMILES string of the molecule is Cc1cc(-c2nc(-c3ccc(N4CCN(CC5CCN(c6ccc(N7CCC(=O)NC7=O)cc6)CC5)CC4)nc3)cc3ncc(F)n23)ccc1[C@@H](C)NC(=O)c1nc(C(C)(C)C)no1. The molecule has 2 N–H and O–H groups in total. The van der Waals surface area contributed by atoms with E-state index in [0.717, 1.165) is 92.5 Å². The van der Waals surface area contributed by atoms with Crippen LogP contribution in [0.15, 0.2) is 77.6 Å². The van der Waals surface area contributed by atoms with E-state index in [9.17, 15) is 14.4 Å². The van der Waals surface area contributed by atoms with Crippen LogP contribution >= 0.6 is 0 Å². The van der Waals surface area contributed by atoms with Crippen molar-refractivity contribution in [2.24, 2.45) is 5.92 Å². The molecule has 3 fully saturated rings. The minimum absolute atomic E-state index is 0.0928. The van der Waals surface area contributed by atoms with Crippen LogP contribution in [0.5, 0.6) is 0 Å². The van der Waals surface area contributed by atoms with Crippen LogP contribution in [0.4, 0.5) is 26.4 Å². The zero-order chi connectivity index (χ0) is 44.7. The molecule has 3 aliphatic rings. The summed E-state index contributed by atoms with van der Waals surface area (Å²) in [6.45, 7) is 16.8. The van der Waals surface area contributed by atoms with Gasteiger partial charge >= 0.3 is 17.8 Å². The van der Waals surface area contributed by atoms with Crippen LogP contribution in [0.1, 0.15) is 80.6 Å². The van der Waals surface area contributed by atoms with E-state index in [1.165, 1.54) is 10.6 Å². The number of piperazine rings is 1. The number of aryl methyl sites for hydroxylation is 1. The number of fused-ring (bicyclic) bond motifs is 1. The quantitative estimate of drug-likeness (QED) is 0.152. The number of hydrogen-bond donors (Lipinski definition) is 2. The molecule has 17 heteroatoms. The summed E-state index contributed by atoms with van der Waals surface area (Å²) in [6, 6.07) is 18.9. The Morgan fingerprint density at radius 1 is 0.875 bits per heavy atom. The van der Waals surface area contributed by atoms with Crippen LogP contribution in [0.2, 0.25) is 0 Å². The van der Waals surface area contributed by atoms with Crippen molar-refractivity contribution in [1.29, 1.82) is 0 Å². The monoisotopic (exact) mass is 868 g/mol. The molecule has 4 aromatic heterocycles. The molecule has 0 aliphatic carbocycles. The van der Waals surface area contributed by atoms with Crippen molar-refractivity contribution in [2.45, 2.75) is 65.3 Å². The highest BCUT2D eigenvalue weighted by Gasteiger charge is 2.28. The Balaban J connectivity index is 0.797. The number of imide groups is 1. The average Bonchev–Trinajstić information content (AvgIpc) is 3.95. The van der Waals surface area contributed by atoms with Gasteiger partial charge in [-0.1, -0.05) is 38.1 Å². The molecule has 4 amide bonds. The number of carbonyl (C=O) groups excluding carboxylic acids is 3. The molecule has 0 spiro atoms. The summed E-state index contributed by atoms with van der Waals surface area (Å²) in [5.41, 5.74) is 5.91. The topological polar surface area (TPSA) is 170 Å². The highest BCUT2D eigenvalue weighted by molar-refractivity contribution is 6.05. The summed E-state index contributed by atoms with van der Waals surface area (Å²) in [5.74, 6) is 1.10. The van der Waals surface area contributed by atoms with E-state index in [-0.39, 0.29) is 29.3 Å². The lowest BCUT2D eigenvalue weighted by Crippen LogP contribution is -2.49. The Bertz CT molecular complexity index is 2680. The largest absolute Gasteiger partial charge is 0.372 e. The zero-order valence-corrected chi connectivity index (χ0v) is 36.8. The second-order valence-electron chi connectivity index (χ2n) is 18.1. The number of amides is 4. The maximum atomic E-state index is 15.2. The summed E-state index contributed by atoms with van der Waals surface area (Å²) >= 11 is 0. The molecule has 0 saturated carbocycles. The second-order valence-corrected chi connectivity index (χ2v) is 18.1. The van der Waals surface area contributed by atoms with E-state index in [2.05, 4.69) is 52.6 Å². The molecular weight excluding hydrogens is 816 g/mol. The molecule has 3 saturated heterocycles. The van der Waals surface area contributed by atoms with Crippen molar-refractivity contribution in [3.63, 3.8) is 0 Å². The normalized spacial score (nSPS) is 17.2. The van der Waals surface area contributed by atoms with E-state index in [1.807, 2.05) is 83.3 Å². The highest BCUT2D eigenvalue weighted by Crippen LogP contribution is 2.31. The summed E-state index contributed by atoms with van der Waals surface area (Å²) < 4.78 is 21.9. The van der Waals surface area contributed by atoms with Gasteiger partial charge in [-0.3, -0.25) is 29.1 Å². The number of aromatic nitrogens is 6. The molecule has 7 heterocycles. The number of halogens is 1. The summed E-state index contributed by atoms with van der Waals surface area (Å²) in [4.78, 5) is 64.1. The van der Waals surface area contributed by atoms with Crippen molar-refractivity contribution in [2.75, 3.05) is 67.1 Å². The van der Waals surface area contributed by atoms with Crippen LogP contribution in [-0.2, 0) is 10.2 Å². The maximum absolute atomic E-state index is 15.2. The minimum atomic E-state index is -0.520. The molecule has 64 heavy (non-hydrogen) atoms. The van der Waals surface area contributed by atoms with E-state index in [0.29, 0.717) is 47.4 Å². The predicted octanol–water partition coefficient (Wildman–Crippen LogP) is 6.56. The van der Waals surface area contributed by atoms with Crippen LogP contribution in [-0.4, -0.2) is 105 Å². The van der Waals surface area contributed by atoms with Crippen molar-refractivity contribution in [3.8, 4) is 22.6 Å². The Hall–Kier alpha value is -6.75. The van der Waals surface area contributed by atoms with Gasteiger partial charge in [-0.15, -0.1) is 0 Å². The molecular formula is C47H53FN12O4. The third-order valence-corrected chi connectivity index (χ3v) is 12.5. The number of urea groups is 1. The van der Waals surface area contributed by atoms with Crippen molar-refractivity contribution >= 4 is 40.7 Å². The van der Waals surface area contributed by atoms with Gasteiger partial charge in [-0.2, -0.15) is 9.37 Å². The van der Waals surface area contributed by atoms with E-state index in [1.54, 1.807) is 11.0 Å². The Kier molecular flexibility index (Phi) is 11.6. The Labute approximate surface area is 370 Å².